The van der Waals surface area contributed by atoms with E-state index in [9.17, 15) is 4.79 Å². The van der Waals surface area contributed by atoms with Crippen LogP contribution >= 0.6 is 0 Å². The quantitative estimate of drug-likeness (QED) is 0.663. The third kappa shape index (κ3) is 4.43. The Kier molecular flexibility index (Phi) is 5.53. The molecule has 1 amide bonds. The number of carbonyl (C=O) groups is 1. The molecular formula is C21H24N6O2. The SMILES string of the molecule is CNc1ccc(-c2noc([C@@H]3CCCN3Cc3ccc(NC(C)=O)cc3)n2)cn1. The number of amides is 1. The molecule has 4 rings (SSSR count). The van der Waals surface area contributed by atoms with Crippen LogP contribution < -0.4 is 10.6 Å². The van der Waals surface area contributed by atoms with Gasteiger partial charge in [-0.25, -0.2) is 4.98 Å². The van der Waals surface area contributed by atoms with Crippen LogP contribution in [-0.2, 0) is 11.3 Å². The average molecular weight is 392 g/mol. The molecule has 0 saturated carbocycles. The van der Waals surface area contributed by atoms with Crippen LogP contribution in [0.25, 0.3) is 11.4 Å². The van der Waals surface area contributed by atoms with Crippen LogP contribution in [0.4, 0.5) is 11.5 Å². The van der Waals surface area contributed by atoms with E-state index in [4.69, 9.17) is 4.52 Å². The fraction of sp³-hybridized carbons (Fsp3) is 0.333. The topological polar surface area (TPSA) is 96.2 Å². The van der Waals surface area contributed by atoms with E-state index < -0.39 is 0 Å². The van der Waals surface area contributed by atoms with Gasteiger partial charge in [-0.05, 0) is 49.2 Å². The molecule has 1 aromatic carbocycles. The molecule has 8 heteroatoms. The maximum absolute atomic E-state index is 11.2. The van der Waals surface area contributed by atoms with Crippen molar-refractivity contribution in [1.29, 1.82) is 0 Å². The van der Waals surface area contributed by atoms with Gasteiger partial charge in [-0.2, -0.15) is 4.98 Å². The largest absolute Gasteiger partial charge is 0.373 e. The van der Waals surface area contributed by atoms with Crippen molar-refractivity contribution in [2.75, 3.05) is 24.2 Å². The summed E-state index contributed by atoms with van der Waals surface area (Å²) in [6.07, 6.45) is 3.82. The Bertz CT molecular complexity index is 968. The van der Waals surface area contributed by atoms with Gasteiger partial charge in [-0.3, -0.25) is 9.69 Å². The lowest BCUT2D eigenvalue weighted by Gasteiger charge is -2.21. The Balaban J connectivity index is 1.45. The van der Waals surface area contributed by atoms with Crippen LogP contribution in [0.3, 0.4) is 0 Å². The predicted octanol–water partition coefficient (Wildman–Crippen LogP) is 3.47. The molecule has 29 heavy (non-hydrogen) atoms. The van der Waals surface area contributed by atoms with Crippen molar-refractivity contribution in [3.63, 3.8) is 0 Å². The van der Waals surface area contributed by atoms with Gasteiger partial charge < -0.3 is 15.2 Å². The first-order valence-electron chi connectivity index (χ1n) is 9.71. The molecule has 2 aromatic heterocycles. The third-order valence-corrected chi connectivity index (χ3v) is 5.03. The van der Waals surface area contributed by atoms with E-state index in [0.717, 1.165) is 43.0 Å². The van der Waals surface area contributed by atoms with Crippen LogP contribution in [0.2, 0.25) is 0 Å². The van der Waals surface area contributed by atoms with Gasteiger partial charge in [-0.15, -0.1) is 0 Å². The Labute approximate surface area is 169 Å². The average Bonchev–Trinajstić information content (AvgIpc) is 3.38. The lowest BCUT2D eigenvalue weighted by molar-refractivity contribution is -0.114. The van der Waals surface area contributed by atoms with Crippen LogP contribution in [0, 0.1) is 0 Å². The van der Waals surface area contributed by atoms with Crippen LogP contribution in [0.5, 0.6) is 0 Å². The summed E-state index contributed by atoms with van der Waals surface area (Å²) in [5.74, 6) is 1.93. The van der Waals surface area contributed by atoms with Gasteiger partial charge >= 0.3 is 0 Å². The molecule has 2 N–H and O–H groups in total. The number of nitrogens with zero attached hydrogens (tertiary/aromatic N) is 4. The Morgan fingerprint density at radius 2 is 2.07 bits per heavy atom. The normalized spacial score (nSPS) is 16.7. The zero-order chi connectivity index (χ0) is 20.2. The summed E-state index contributed by atoms with van der Waals surface area (Å²) in [5.41, 5.74) is 2.81. The van der Waals surface area contributed by atoms with E-state index >= 15 is 0 Å². The summed E-state index contributed by atoms with van der Waals surface area (Å²) in [5, 5.41) is 9.94. The molecule has 0 unspecified atom stereocenters. The fourth-order valence-electron chi connectivity index (χ4n) is 3.59. The molecule has 150 valence electrons. The van der Waals surface area contributed by atoms with Gasteiger partial charge in [0.1, 0.15) is 5.82 Å². The van der Waals surface area contributed by atoms with Gasteiger partial charge in [0.2, 0.25) is 17.6 Å². The maximum atomic E-state index is 11.2. The second-order valence-corrected chi connectivity index (χ2v) is 7.14. The van der Waals surface area contributed by atoms with Gasteiger partial charge in [0.15, 0.2) is 0 Å². The van der Waals surface area contributed by atoms with Crippen LogP contribution in [-0.4, -0.2) is 39.5 Å². The zero-order valence-electron chi connectivity index (χ0n) is 16.6. The van der Waals surface area contributed by atoms with Crippen LogP contribution in [0.15, 0.2) is 47.1 Å². The van der Waals surface area contributed by atoms with E-state index in [-0.39, 0.29) is 11.9 Å². The van der Waals surface area contributed by atoms with Crippen molar-refractivity contribution >= 4 is 17.4 Å². The molecule has 3 aromatic rings. The molecule has 0 bridgehead atoms. The Morgan fingerprint density at radius 3 is 2.76 bits per heavy atom. The minimum Gasteiger partial charge on any atom is -0.373 e. The standard InChI is InChI=1S/C21H24N6O2/c1-14(28)24-17-8-5-15(6-9-17)13-27-11-3-4-18(27)21-25-20(26-29-21)16-7-10-19(22-2)23-12-16/h5-10,12,18H,3-4,11,13H2,1-2H3,(H,22,23)(H,24,28)/t18-/m0/s1. The minimum absolute atomic E-state index is 0.0691. The fourth-order valence-corrected chi connectivity index (χ4v) is 3.59. The summed E-state index contributed by atoms with van der Waals surface area (Å²) >= 11 is 0. The lowest BCUT2D eigenvalue weighted by Crippen LogP contribution is -2.23. The summed E-state index contributed by atoms with van der Waals surface area (Å²) in [4.78, 5) is 22.5. The monoisotopic (exact) mass is 392 g/mol. The van der Waals surface area contributed by atoms with Gasteiger partial charge in [-0.1, -0.05) is 17.3 Å². The second-order valence-electron chi connectivity index (χ2n) is 7.14. The van der Waals surface area contributed by atoms with Gasteiger partial charge in [0, 0.05) is 38.0 Å². The lowest BCUT2D eigenvalue weighted by atomic mass is 10.1. The number of likely N-dealkylation sites (tertiary alicyclic amines) is 1. The molecule has 1 aliphatic heterocycles. The molecule has 0 aliphatic carbocycles. The summed E-state index contributed by atoms with van der Waals surface area (Å²) in [6.45, 7) is 3.28. The van der Waals surface area contributed by atoms with Crippen molar-refractivity contribution < 1.29 is 9.32 Å². The maximum Gasteiger partial charge on any atom is 0.244 e. The van der Waals surface area contributed by atoms with E-state index in [2.05, 4.69) is 30.7 Å². The highest BCUT2D eigenvalue weighted by atomic mass is 16.5. The highest BCUT2D eigenvalue weighted by molar-refractivity contribution is 5.88. The number of hydrogen-bond acceptors (Lipinski definition) is 7. The number of nitrogens with one attached hydrogen (secondary N) is 2. The highest BCUT2D eigenvalue weighted by Gasteiger charge is 2.30. The molecule has 1 fully saturated rings. The van der Waals surface area contributed by atoms with E-state index in [1.807, 2.05) is 43.4 Å². The Hall–Kier alpha value is -3.26. The van der Waals surface area contributed by atoms with Crippen molar-refractivity contribution in [3.05, 3.63) is 54.0 Å². The number of aromatic nitrogens is 3. The molecule has 1 saturated heterocycles. The smallest absolute Gasteiger partial charge is 0.244 e. The molecule has 3 heterocycles. The third-order valence-electron chi connectivity index (χ3n) is 5.03. The van der Waals surface area contributed by atoms with Crippen molar-refractivity contribution in [3.8, 4) is 11.4 Å². The second kappa shape index (κ2) is 8.40. The number of pyridine rings is 1. The van der Waals surface area contributed by atoms with Crippen LogP contribution in [0.1, 0.15) is 37.3 Å². The van der Waals surface area contributed by atoms with Gasteiger partial charge in [0.05, 0.1) is 6.04 Å². The van der Waals surface area contributed by atoms with E-state index in [1.54, 1.807) is 6.20 Å². The summed E-state index contributed by atoms with van der Waals surface area (Å²) in [6, 6.07) is 11.8. The number of rotatable bonds is 6. The first-order chi connectivity index (χ1) is 14.1. The van der Waals surface area contributed by atoms with Crippen molar-refractivity contribution in [1.82, 2.24) is 20.0 Å². The molecule has 0 radical (unpaired) electrons. The zero-order valence-corrected chi connectivity index (χ0v) is 16.6. The summed E-state index contributed by atoms with van der Waals surface area (Å²) < 4.78 is 5.60. The number of anilines is 2. The number of hydrogen-bond donors (Lipinski definition) is 2. The van der Waals surface area contributed by atoms with Gasteiger partial charge in [0.25, 0.3) is 0 Å². The first kappa shape index (κ1) is 19.1. The first-order valence-corrected chi connectivity index (χ1v) is 9.71. The summed E-state index contributed by atoms with van der Waals surface area (Å²) in [7, 11) is 1.83. The van der Waals surface area contributed by atoms with Crippen molar-refractivity contribution in [2.24, 2.45) is 0 Å². The molecule has 1 aliphatic rings. The highest BCUT2D eigenvalue weighted by Crippen LogP contribution is 2.33. The van der Waals surface area contributed by atoms with Crippen molar-refractivity contribution in [2.45, 2.75) is 32.4 Å². The molecule has 0 spiro atoms. The van der Waals surface area contributed by atoms with E-state index in [0.29, 0.717) is 11.7 Å². The number of carbonyl (C=O) groups excluding carboxylic acids is 1. The molecule has 8 nitrogen and oxygen atoms in total. The van der Waals surface area contributed by atoms with E-state index in [1.165, 1.54) is 12.5 Å². The predicted molar refractivity (Wildman–Crippen MR) is 110 cm³/mol. The Morgan fingerprint density at radius 1 is 1.24 bits per heavy atom. The molecule has 1 atom stereocenters. The molecular weight excluding hydrogens is 368 g/mol. The minimum atomic E-state index is -0.0691. The number of benzene rings is 1.